The highest BCUT2D eigenvalue weighted by Gasteiger charge is 2.44. The Labute approximate surface area is 148 Å². The Morgan fingerprint density at radius 3 is 2.04 bits per heavy atom. The van der Waals surface area contributed by atoms with Crippen LogP contribution in [0.3, 0.4) is 0 Å². The van der Waals surface area contributed by atoms with Crippen molar-refractivity contribution >= 4 is 0 Å². The van der Waals surface area contributed by atoms with Crippen LogP contribution < -0.4 is 0 Å². The topological polar surface area (TPSA) is 9.23 Å². The molecular formula is C23H34O. The smallest absolute Gasteiger partial charge is 0.0574 e. The third kappa shape index (κ3) is 3.17. The van der Waals surface area contributed by atoms with E-state index in [0.29, 0.717) is 6.10 Å². The van der Waals surface area contributed by atoms with Gasteiger partial charge in [0.15, 0.2) is 0 Å². The number of aryl methyl sites for hydroxylation is 2. The minimum Gasteiger partial charge on any atom is -0.381 e. The molecule has 0 heterocycles. The van der Waals surface area contributed by atoms with Crippen molar-refractivity contribution in [3.05, 3.63) is 34.9 Å². The largest absolute Gasteiger partial charge is 0.381 e. The van der Waals surface area contributed by atoms with Crippen molar-refractivity contribution < 1.29 is 4.74 Å². The number of ether oxygens (including phenoxy) is 1. The fourth-order valence-corrected chi connectivity index (χ4v) is 6.51. The first-order valence-electron chi connectivity index (χ1n) is 10.2. The van der Waals surface area contributed by atoms with Crippen molar-refractivity contribution in [3.8, 4) is 0 Å². The summed E-state index contributed by atoms with van der Waals surface area (Å²) in [6.07, 6.45) is 11.9. The number of hydrogen-bond acceptors (Lipinski definition) is 1. The van der Waals surface area contributed by atoms with Crippen LogP contribution in [-0.4, -0.2) is 13.2 Å². The molecule has 6 unspecified atom stereocenters. The molecule has 0 aromatic heterocycles. The van der Waals surface area contributed by atoms with E-state index in [-0.39, 0.29) is 0 Å². The molecule has 0 radical (unpaired) electrons. The first kappa shape index (κ1) is 16.6. The van der Waals surface area contributed by atoms with E-state index in [9.17, 15) is 0 Å². The predicted octanol–water partition coefficient (Wildman–Crippen LogP) is 6.03. The van der Waals surface area contributed by atoms with E-state index in [0.717, 1.165) is 29.6 Å². The standard InChI is InChI=1S/C23H34O/c1-15-10-16(2)12-20(11-15)17-6-8-22-18(13-17)4-5-19-14-21(24-3)7-9-23(19)22/h10-12,17-19,21-23H,4-9,13-14H2,1-3H3. The summed E-state index contributed by atoms with van der Waals surface area (Å²) >= 11 is 0. The molecule has 132 valence electrons. The third-order valence-electron chi connectivity index (χ3n) is 7.54. The molecule has 1 nitrogen and oxygen atoms in total. The van der Waals surface area contributed by atoms with Gasteiger partial charge >= 0.3 is 0 Å². The van der Waals surface area contributed by atoms with Gasteiger partial charge in [0, 0.05) is 7.11 Å². The Bertz CT molecular complexity index is 557. The van der Waals surface area contributed by atoms with Crippen LogP contribution >= 0.6 is 0 Å². The van der Waals surface area contributed by atoms with Gasteiger partial charge in [0.05, 0.1) is 6.10 Å². The maximum Gasteiger partial charge on any atom is 0.0574 e. The average Bonchev–Trinajstić information content (AvgIpc) is 2.59. The molecule has 3 saturated carbocycles. The lowest BCUT2D eigenvalue weighted by Gasteiger charge is -2.50. The van der Waals surface area contributed by atoms with Gasteiger partial charge in [-0.1, -0.05) is 29.3 Å². The second-order valence-electron chi connectivity index (χ2n) is 9.03. The molecular weight excluding hydrogens is 292 g/mol. The molecule has 6 atom stereocenters. The zero-order valence-corrected chi connectivity index (χ0v) is 15.8. The molecule has 0 saturated heterocycles. The molecule has 0 spiro atoms. The van der Waals surface area contributed by atoms with E-state index in [1.54, 1.807) is 5.56 Å². The second-order valence-corrected chi connectivity index (χ2v) is 9.03. The van der Waals surface area contributed by atoms with Gasteiger partial charge < -0.3 is 4.74 Å². The van der Waals surface area contributed by atoms with E-state index in [1.807, 2.05) is 7.11 Å². The van der Waals surface area contributed by atoms with E-state index < -0.39 is 0 Å². The summed E-state index contributed by atoms with van der Waals surface area (Å²) in [5, 5.41) is 0. The lowest BCUT2D eigenvalue weighted by molar-refractivity contribution is -0.0347. The number of hydrogen-bond donors (Lipinski definition) is 0. The first-order valence-corrected chi connectivity index (χ1v) is 10.2. The summed E-state index contributed by atoms with van der Waals surface area (Å²) < 4.78 is 5.67. The lowest BCUT2D eigenvalue weighted by Crippen LogP contribution is -2.42. The van der Waals surface area contributed by atoms with Gasteiger partial charge in [-0.3, -0.25) is 0 Å². The van der Waals surface area contributed by atoms with E-state index >= 15 is 0 Å². The number of methoxy groups -OCH3 is 1. The predicted molar refractivity (Wildman–Crippen MR) is 100 cm³/mol. The van der Waals surface area contributed by atoms with Gasteiger partial charge in [-0.2, -0.15) is 0 Å². The van der Waals surface area contributed by atoms with Crippen molar-refractivity contribution in [1.29, 1.82) is 0 Å². The van der Waals surface area contributed by atoms with Gasteiger partial charge in [-0.15, -0.1) is 0 Å². The Morgan fingerprint density at radius 2 is 1.38 bits per heavy atom. The van der Waals surface area contributed by atoms with Crippen LogP contribution in [0.15, 0.2) is 18.2 Å². The van der Waals surface area contributed by atoms with Crippen molar-refractivity contribution in [2.75, 3.05) is 7.11 Å². The minimum atomic E-state index is 0.550. The van der Waals surface area contributed by atoms with Crippen molar-refractivity contribution in [1.82, 2.24) is 0 Å². The van der Waals surface area contributed by atoms with Crippen LogP contribution in [0.1, 0.15) is 74.0 Å². The third-order valence-corrected chi connectivity index (χ3v) is 7.54. The maximum atomic E-state index is 5.67. The summed E-state index contributed by atoms with van der Waals surface area (Å²) in [6, 6.07) is 7.22. The van der Waals surface area contributed by atoms with Crippen molar-refractivity contribution in [3.63, 3.8) is 0 Å². The zero-order valence-electron chi connectivity index (χ0n) is 15.8. The minimum absolute atomic E-state index is 0.550. The van der Waals surface area contributed by atoms with Gasteiger partial charge in [0.1, 0.15) is 0 Å². The van der Waals surface area contributed by atoms with E-state index in [2.05, 4.69) is 32.0 Å². The fraction of sp³-hybridized carbons (Fsp3) is 0.739. The molecule has 0 N–H and O–H groups in total. The van der Waals surface area contributed by atoms with Crippen LogP contribution in [0.5, 0.6) is 0 Å². The van der Waals surface area contributed by atoms with Crippen LogP contribution in [0.2, 0.25) is 0 Å². The molecule has 24 heavy (non-hydrogen) atoms. The average molecular weight is 327 g/mol. The van der Waals surface area contributed by atoms with Crippen LogP contribution in [0, 0.1) is 37.5 Å². The van der Waals surface area contributed by atoms with E-state index in [4.69, 9.17) is 4.74 Å². The Balaban J connectivity index is 1.46. The molecule has 3 aliphatic carbocycles. The first-order chi connectivity index (χ1) is 11.6. The molecule has 3 aliphatic rings. The summed E-state index contributed by atoms with van der Waals surface area (Å²) in [7, 11) is 1.91. The summed E-state index contributed by atoms with van der Waals surface area (Å²) in [4.78, 5) is 0. The van der Waals surface area contributed by atoms with Gasteiger partial charge in [0.25, 0.3) is 0 Å². The van der Waals surface area contributed by atoms with Crippen molar-refractivity contribution in [2.24, 2.45) is 23.7 Å². The van der Waals surface area contributed by atoms with Crippen LogP contribution in [-0.2, 0) is 4.74 Å². The summed E-state index contributed by atoms with van der Waals surface area (Å²) in [5.41, 5.74) is 4.50. The van der Waals surface area contributed by atoms with Crippen LogP contribution in [0.25, 0.3) is 0 Å². The number of rotatable bonds is 2. The highest BCUT2D eigenvalue weighted by molar-refractivity contribution is 5.31. The maximum absolute atomic E-state index is 5.67. The fourth-order valence-electron chi connectivity index (χ4n) is 6.51. The van der Waals surface area contributed by atoms with Gasteiger partial charge in [-0.25, -0.2) is 0 Å². The quantitative estimate of drug-likeness (QED) is 0.645. The summed E-state index contributed by atoms with van der Waals surface area (Å²) in [6.45, 7) is 4.50. The van der Waals surface area contributed by atoms with Crippen LogP contribution in [0.4, 0.5) is 0 Å². The summed E-state index contributed by atoms with van der Waals surface area (Å²) in [5.74, 6) is 4.79. The molecule has 1 heteroatoms. The van der Waals surface area contributed by atoms with Gasteiger partial charge in [0.2, 0.25) is 0 Å². The highest BCUT2D eigenvalue weighted by atomic mass is 16.5. The normalized spacial score (nSPS) is 39.1. The molecule has 3 fully saturated rings. The zero-order chi connectivity index (χ0) is 16.7. The van der Waals surface area contributed by atoms with E-state index in [1.165, 1.54) is 62.5 Å². The molecule has 0 bridgehead atoms. The highest BCUT2D eigenvalue weighted by Crippen LogP contribution is 2.54. The Hall–Kier alpha value is -0.820. The number of benzene rings is 1. The SMILES string of the molecule is COC1CCC2C(CCC3CC(c4cc(C)cc(C)c4)CCC32)C1. The monoisotopic (exact) mass is 326 g/mol. The Kier molecular flexibility index (Phi) is 4.73. The molecule has 1 aromatic rings. The second kappa shape index (κ2) is 6.83. The molecule has 1 aromatic carbocycles. The molecule has 4 rings (SSSR count). The lowest BCUT2D eigenvalue weighted by atomic mass is 9.56. The molecule has 0 amide bonds. The Morgan fingerprint density at radius 1 is 0.750 bits per heavy atom. The van der Waals surface area contributed by atoms with Crippen molar-refractivity contribution in [2.45, 2.75) is 77.2 Å². The number of fused-ring (bicyclic) bond motifs is 3. The molecule has 0 aliphatic heterocycles. The van der Waals surface area contributed by atoms with Gasteiger partial charge in [-0.05, 0) is 100 Å².